The Morgan fingerprint density at radius 2 is 2.14 bits per heavy atom. The smallest absolute Gasteiger partial charge is 0.312 e. The molecule has 1 fully saturated rings. The molecule has 0 saturated carbocycles. The molecule has 2 unspecified atom stereocenters. The first-order chi connectivity index (χ1) is 10.6. The van der Waals surface area contributed by atoms with Gasteiger partial charge in [-0.2, -0.15) is 0 Å². The molecule has 1 N–H and O–H groups in total. The maximum absolute atomic E-state index is 11.4. The molecule has 2 aliphatic heterocycles. The fourth-order valence-corrected chi connectivity index (χ4v) is 4.11. The number of rotatable bonds is 4. The Balaban J connectivity index is 1.80. The quantitative estimate of drug-likeness (QED) is 0.929. The van der Waals surface area contributed by atoms with Gasteiger partial charge in [0, 0.05) is 31.2 Å². The zero-order chi connectivity index (χ0) is 15.7. The molecule has 0 spiro atoms. The summed E-state index contributed by atoms with van der Waals surface area (Å²) in [6, 6.07) is 1.11. The zero-order valence-corrected chi connectivity index (χ0v) is 13.7. The van der Waals surface area contributed by atoms with Crippen molar-refractivity contribution in [3.8, 4) is 0 Å². The number of carboxylic acid groups (broad SMARTS) is 1. The van der Waals surface area contributed by atoms with Gasteiger partial charge in [0.15, 0.2) is 0 Å². The van der Waals surface area contributed by atoms with Gasteiger partial charge >= 0.3 is 5.97 Å². The van der Waals surface area contributed by atoms with Crippen LogP contribution in [0.4, 0.5) is 0 Å². The van der Waals surface area contributed by atoms with Gasteiger partial charge in [-0.15, -0.1) is 0 Å². The van der Waals surface area contributed by atoms with Crippen LogP contribution in [0.1, 0.15) is 63.4 Å². The van der Waals surface area contributed by atoms with Crippen LogP contribution in [-0.2, 0) is 17.8 Å². The number of imidazole rings is 1. The summed E-state index contributed by atoms with van der Waals surface area (Å²) in [5.41, 5.74) is 0.903. The number of aromatic nitrogens is 2. The predicted molar refractivity (Wildman–Crippen MR) is 85.0 cm³/mol. The molecule has 2 atom stereocenters. The summed E-state index contributed by atoms with van der Waals surface area (Å²) >= 11 is 0. The van der Waals surface area contributed by atoms with Crippen LogP contribution < -0.4 is 0 Å². The average Bonchev–Trinajstić information content (AvgIpc) is 2.90. The fourth-order valence-electron chi connectivity index (χ4n) is 4.11. The van der Waals surface area contributed by atoms with Gasteiger partial charge in [0.2, 0.25) is 0 Å². The molecule has 5 nitrogen and oxygen atoms in total. The van der Waals surface area contributed by atoms with E-state index in [1.165, 1.54) is 25.8 Å². The molecule has 1 aromatic heterocycles. The largest absolute Gasteiger partial charge is 0.481 e. The SMILES string of the molecule is CC(C)N1CCCCC1Cc1ncc2n1CCCC2C(=O)O. The van der Waals surface area contributed by atoms with Gasteiger partial charge in [-0.05, 0) is 46.1 Å². The molecule has 0 aromatic carbocycles. The lowest BCUT2D eigenvalue weighted by Gasteiger charge is -2.38. The molecule has 0 bridgehead atoms. The molecule has 0 amide bonds. The number of fused-ring (bicyclic) bond motifs is 1. The van der Waals surface area contributed by atoms with Crippen LogP contribution in [0.25, 0.3) is 0 Å². The van der Waals surface area contributed by atoms with Crippen LogP contribution in [0.15, 0.2) is 6.20 Å². The Labute approximate surface area is 132 Å². The lowest BCUT2D eigenvalue weighted by Crippen LogP contribution is -2.45. The second-order valence-electron chi connectivity index (χ2n) is 6.97. The van der Waals surface area contributed by atoms with Crippen molar-refractivity contribution in [2.45, 2.75) is 76.9 Å². The minimum atomic E-state index is -0.714. The number of hydrogen-bond donors (Lipinski definition) is 1. The molecule has 122 valence electrons. The van der Waals surface area contributed by atoms with Crippen molar-refractivity contribution in [1.29, 1.82) is 0 Å². The summed E-state index contributed by atoms with van der Waals surface area (Å²) in [5.74, 6) is -0.00469. The maximum Gasteiger partial charge on any atom is 0.312 e. The molecule has 2 aliphatic rings. The minimum Gasteiger partial charge on any atom is -0.481 e. The Bertz CT molecular complexity index is 538. The maximum atomic E-state index is 11.4. The first kappa shape index (κ1) is 15.5. The van der Waals surface area contributed by atoms with E-state index < -0.39 is 5.97 Å². The van der Waals surface area contributed by atoms with E-state index in [0.29, 0.717) is 12.1 Å². The molecule has 1 saturated heterocycles. The Morgan fingerprint density at radius 1 is 1.32 bits per heavy atom. The number of carbonyl (C=O) groups is 1. The van der Waals surface area contributed by atoms with Gasteiger partial charge in [0.25, 0.3) is 0 Å². The van der Waals surface area contributed by atoms with Crippen molar-refractivity contribution >= 4 is 5.97 Å². The lowest BCUT2D eigenvalue weighted by molar-refractivity contribution is -0.139. The van der Waals surface area contributed by atoms with Gasteiger partial charge in [0.05, 0.1) is 11.6 Å². The summed E-state index contributed by atoms with van der Waals surface area (Å²) in [5, 5.41) is 9.38. The van der Waals surface area contributed by atoms with Gasteiger partial charge in [-0.3, -0.25) is 9.69 Å². The summed E-state index contributed by atoms with van der Waals surface area (Å²) in [6.07, 6.45) is 8.23. The minimum absolute atomic E-state index is 0.373. The van der Waals surface area contributed by atoms with Crippen LogP contribution in [0.2, 0.25) is 0 Å². The Hall–Kier alpha value is -1.36. The average molecular weight is 305 g/mol. The van der Waals surface area contributed by atoms with Gasteiger partial charge in [-0.1, -0.05) is 6.42 Å². The third-order valence-electron chi connectivity index (χ3n) is 5.25. The van der Waals surface area contributed by atoms with E-state index in [1.54, 1.807) is 6.20 Å². The molecule has 22 heavy (non-hydrogen) atoms. The number of carboxylic acids is 1. The van der Waals surface area contributed by atoms with E-state index >= 15 is 0 Å². The van der Waals surface area contributed by atoms with E-state index in [2.05, 4.69) is 28.3 Å². The summed E-state index contributed by atoms with van der Waals surface area (Å²) in [6.45, 7) is 6.62. The highest BCUT2D eigenvalue weighted by Gasteiger charge is 2.31. The predicted octanol–water partition coefficient (Wildman–Crippen LogP) is 2.65. The molecule has 3 heterocycles. The van der Waals surface area contributed by atoms with Crippen LogP contribution >= 0.6 is 0 Å². The number of aliphatic carboxylic acids is 1. The fraction of sp³-hybridized carbons (Fsp3) is 0.765. The molecular formula is C17H27N3O2. The number of nitrogens with zero attached hydrogens (tertiary/aromatic N) is 3. The number of hydrogen-bond acceptors (Lipinski definition) is 3. The first-order valence-corrected chi connectivity index (χ1v) is 8.60. The number of piperidine rings is 1. The van der Waals surface area contributed by atoms with E-state index in [9.17, 15) is 9.90 Å². The van der Waals surface area contributed by atoms with Crippen molar-refractivity contribution in [1.82, 2.24) is 14.5 Å². The lowest BCUT2D eigenvalue weighted by atomic mass is 9.95. The molecule has 1 aromatic rings. The third-order valence-corrected chi connectivity index (χ3v) is 5.25. The Kier molecular flexibility index (Phi) is 4.52. The van der Waals surface area contributed by atoms with Crippen molar-refractivity contribution in [3.05, 3.63) is 17.7 Å². The second kappa shape index (κ2) is 6.41. The number of likely N-dealkylation sites (tertiary alicyclic amines) is 1. The standard InChI is InChI=1S/C17H27N3O2/c1-12(2)19-8-4-3-6-13(19)10-16-18-11-15-14(17(21)22)7-5-9-20(15)16/h11-14H,3-10H2,1-2H3,(H,21,22). The van der Waals surface area contributed by atoms with Gasteiger partial charge in [-0.25, -0.2) is 4.98 Å². The summed E-state index contributed by atoms with van der Waals surface area (Å²) in [7, 11) is 0. The first-order valence-electron chi connectivity index (χ1n) is 8.60. The van der Waals surface area contributed by atoms with Crippen LogP contribution in [0.3, 0.4) is 0 Å². The summed E-state index contributed by atoms with van der Waals surface area (Å²) in [4.78, 5) is 18.6. The van der Waals surface area contributed by atoms with Crippen molar-refractivity contribution in [3.63, 3.8) is 0 Å². The zero-order valence-electron chi connectivity index (χ0n) is 13.7. The van der Waals surface area contributed by atoms with Crippen molar-refractivity contribution < 1.29 is 9.90 Å². The van der Waals surface area contributed by atoms with Crippen LogP contribution in [0, 0.1) is 0 Å². The highest BCUT2D eigenvalue weighted by molar-refractivity contribution is 5.75. The van der Waals surface area contributed by atoms with Crippen LogP contribution in [0.5, 0.6) is 0 Å². The van der Waals surface area contributed by atoms with E-state index in [-0.39, 0.29) is 5.92 Å². The van der Waals surface area contributed by atoms with Gasteiger partial charge in [0.1, 0.15) is 5.82 Å². The molecular weight excluding hydrogens is 278 g/mol. The molecule has 0 radical (unpaired) electrons. The molecule has 0 aliphatic carbocycles. The van der Waals surface area contributed by atoms with E-state index in [4.69, 9.17) is 0 Å². The van der Waals surface area contributed by atoms with E-state index in [0.717, 1.165) is 37.3 Å². The van der Waals surface area contributed by atoms with Crippen molar-refractivity contribution in [2.75, 3.05) is 6.54 Å². The third kappa shape index (κ3) is 2.91. The highest BCUT2D eigenvalue weighted by Crippen LogP contribution is 2.30. The molecule has 3 rings (SSSR count). The Morgan fingerprint density at radius 3 is 2.86 bits per heavy atom. The second-order valence-corrected chi connectivity index (χ2v) is 6.97. The normalized spacial score (nSPS) is 26.1. The van der Waals surface area contributed by atoms with Crippen molar-refractivity contribution in [2.24, 2.45) is 0 Å². The highest BCUT2D eigenvalue weighted by atomic mass is 16.4. The van der Waals surface area contributed by atoms with Crippen LogP contribution in [-0.4, -0.2) is 44.2 Å². The summed E-state index contributed by atoms with van der Waals surface area (Å²) < 4.78 is 2.18. The molecule has 5 heteroatoms. The topological polar surface area (TPSA) is 58.4 Å². The van der Waals surface area contributed by atoms with Gasteiger partial charge < -0.3 is 9.67 Å². The van der Waals surface area contributed by atoms with E-state index in [1.807, 2.05) is 0 Å². The monoisotopic (exact) mass is 305 g/mol.